The number of aromatic nitrogens is 2. The van der Waals surface area contributed by atoms with E-state index in [1.165, 1.54) is 0 Å². The van der Waals surface area contributed by atoms with Gasteiger partial charge >= 0.3 is 0 Å². The molecule has 0 saturated carbocycles. The summed E-state index contributed by atoms with van der Waals surface area (Å²) in [6.07, 6.45) is 3.28. The van der Waals surface area contributed by atoms with Crippen LogP contribution in [0, 0.1) is 0 Å². The lowest BCUT2D eigenvalue weighted by Crippen LogP contribution is -1.97. The minimum atomic E-state index is 0.203. The third kappa shape index (κ3) is 1.91. The number of nitrogens with zero attached hydrogens (tertiary/aromatic N) is 2. The van der Waals surface area contributed by atoms with Gasteiger partial charge in [-0.05, 0) is 12.1 Å². The Bertz CT molecular complexity index is 616. The summed E-state index contributed by atoms with van der Waals surface area (Å²) in [4.78, 5) is 8.58. The van der Waals surface area contributed by atoms with Crippen LogP contribution in [0.4, 0.5) is 5.82 Å². The molecule has 2 aromatic rings. The lowest BCUT2D eigenvalue weighted by Gasteiger charge is -2.10. The number of hydrogen-bond donors (Lipinski definition) is 1. The Balaban J connectivity index is 2.15. The first-order valence-corrected chi connectivity index (χ1v) is 5.80. The second kappa shape index (κ2) is 4.64. The molecule has 0 radical (unpaired) electrons. The van der Waals surface area contributed by atoms with Crippen molar-refractivity contribution in [2.24, 2.45) is 0 Å². The highest BCUT2D eigenvalue weighted by Crippen LogP contribution is 2.44. The molecule has 0 spiro atoms. The largest absolute Gasteiger partial charge is 0.493 e. The van der Waals surface area contributed by atoms with Crippen molar-refractivity contribution in [2.45, 2.75) is 0 Å². The number of anilines is 1. The fourth-order valence-electron chi connectivity index (χ4n) is 2.00. The minimum absolute atomic E-state index is 0.203. The number of methoxy groups -OCH3 is 1. The molecule has 1 aromatic heterocycles. The maximum Gasteiger partial charge on any atom is 0.231 e. The molecule has 19 heavy (non-hydrogen) atoms. The minimum Gasteiger partial charge on any atom is -0.493 e. The number of fused-ring (bicyclic) bond motifs is 1. The van der Waals surface area contributed by atoms with Crippen LogP contribution >= 0.6 is 0 Å². The van der Waals surface area contributed by atoms with E-state index in [0.29, 0.717) is 23.1 Å². The lowest BCUT2D eigenvalue weighted by atomic mass is 10.1. The Hall–Kier alpha value is -2.50. The van der Waals surface area contributed by atoms with E-state index in [1.807, 2.05) is 12.1 Å². The highest BCUT2D eigenvalue weighted by molar-refractivity contribution is 5.75. The van der Waals surface area contributed by atoms with Crippen molar-refractivity contribution >= 4 is 5.82 Å². The quantitative estimate of drug-likeness (QED) is 0.908. The Morgan fingerprint density at radius 2 is 2.05 bits per heavy atom. The van der Waals surface area contributed by atoms with Crippen LogP contribution in [0.5, 0.6) is 17.2 Å². The maximum absolute atomic E-state index is 5.41. The predicted octanol–water partition coefficient (Wildman–Crippen LogP) is 1.92. The molecule has 0 saturated heterocycles. The third-order valence-electron chi connectivity index (χ3n) is 2.87. The molecule has 6 heteroatoms. The van der Waals surface area contributed by atoms with Gasteiger partial charge in [-0.15, -0.1) is 0 Å². The van der Waals surface area contributed by atoms with E-state index in [0.717, 1.165) is 11.3 Å². The van der Waals surface area contributed by atoms with Gasteiger partial charge in [-0.2, -0.15) is 0 Å². The zero-order valence-electron chi connectivity index (χ0n) is 10.6. The molecule has 0 amide bonds. The molecule has 1 aliphatic heterocycles. The number of hydrogen-bond acceptors (Lipinski definition) is 6. The smallest absolute Gasteiger partial charge is 0.231 e. The highest BCUT2D eigenvalue weighted by Gasteiger charge is 2.21. The standard InChI is InChI=1S/C13H13N3O3/c1-14-13-11(15-3-4-16-13)8-5-9(17-2)12-10(6-8)18-7-19-12/h3-6H,7H2,1-2H3,(H,14,16). The van der Waals surface area contributed by atoms with Gasteiger partial charge in [0.2, 0.25) is 12.5 Å². The molecule has 0 aliphatic carbocycles. The molecule has 6 nitrogen and oxygen atoms in total. The summed E-state index contributed by atoms with van der Waals surface area (Å²) in [7, 11) is 3.40. The molecule has 1 N–H and O–H groups in total. The Morgan fingerprint density at radius 3 is 2.84 bits per heavy atom. The van der Waals surface area contributed by atoms with Crippen LogP contribution in [0.3, 0.4) is 0 Å². The Kier molecular flexibility index (Phi) is 2.83. The average Bonchev–Trinajstić information content (AvgIpc) is 2.94. The van der Waals surface area contributed by atoms with E-state index < -0.39 is 0 Å². The molecule has 3 rings (SSSR count). The van der Waals surface area contributed by atoms with Crippen molar-refractivity contribution in [2.75, 3.05) is 26.3 Å². The molecule has 2 heterocycles. The molecular formula is C13H13N3O3. The monoisotopic (exact) mass is 259 g/mol. The van der Waals surface area contributed by atoms with Crippen LogP contribution in [0.1, 0.15) is 0 Å². The maximum atomic E-state index is 5.41. The van der Waals surface area contributed by atoms with Crippen LogP contribution in [0.25, 0.3) is 11.3 Å². The molecule has 98 valence electrons. The first-order chi connectivity index (χ1) is 9.33. The summed E-state index contributed by atoms with van der Waals surface area (Å²) in [5.41, 5.74) is 1.60. The van der Waals surface area contributed by atoms with Crippen molar-refractivity contribution < 1.29 is 14.2 Å². The summed E-state index contributed by atoms with van der Waals surface area (Å²) in [5, 5.41) is 3.01. The zero-order valence-corrected chi connectivity index (χ0v) is 10.6. The fraction of sp³-hybridized carbons (Fsp3) is 0.231. The van der Waals surface area contributed by atoms with Gasteiger partial charge in [0.25, 0.3) is 0 Å². The molecule has 0 fully saturated rings. The fourth-order valence-corrected chi connectivity index (χ4v) is 2.00. The summed E-state index contributed by atoms with van der Waals surface area (Å²) < 4.78 is 16.1. The van der Waals surface area contributed by atoms with Gasteiger partial charge in [-0.3, -0.25) is 4.98 Å². The number of nitrogens with one attached hydrogen (secondary N) is 1. The van der Waals surface area contributed by atoms with Gasteiger partial charge in [0.15, 0.2) is 17.3 Å². The van der Waals surface area contributed by atoms with Crippen LogP contribution in [-0.2, 0) is 0 Å². The first-order valence-electron chi connectivity index (χ1n) is 5.80. The van der Waals surface area contributed by atoms with E-state index in [1.54, 1.807) is 26.6 Å². The second-order valence-electron chi connectivity index (χ2n) is 3.92. The summed E-state index contributed by atoms with van der Waals surface area (Å²) in [5.74, 6) is 2.60. The van der Waals surface area contributed by atoms with Gasteiger partial charge in [0.1, 0.15) is 5.69 Å². The lowest BCUT2D eigenvalue weighted by molar-refractivity contribution is 0.171. The van der Waals surface area contributed by atoms with Crippen molar-refractivity contribution in [3.05, 3.63) is 24.5 Å². The topological polar surface area (TPSA) is 65.5 Å². The number of rotatable bonds is 3. The summed E-state index contributed by atoms with van der Waals surface area (Å²) >= 11 is 0. The van der Waals surface area contributed by atoms with E-state index in [2.05, 4.69) is 15.3 Å². The van der Waals surface area contributed by atoms with E-state index >= 15 is 0 Å². The number of ether oxygens (including phenoxy) is 3. The van der Waals surface area contributed by atoms with Gasteiger partial charge in [-0.1, -0.05) is 0 Å². The van der Waals surface area contributed by atoms with Crippen molar-refractivity contribution in [3.8, 4) is 28.5 Å². The van der Waals surface area contributed by atoms with Crippen molar-refractivity contribution in [1.82, 2.24) is 9.97 Å². The Morgan fingerprint density at radius 1 is 1.21 bits per heavy atom. The average molecular weight is 259 g/mol. The highest BCUT2D eigenvalue weighted by atomic mass is 16.7. The SMILES string of the molecule is CNc1nccnc1-c1cc(OC)c2c(c1)OCO2. The van der Waals surface area contributed by atoms with Crippen LogP contribution in [0.2, 0.25) is 0 Å². The van der Waals surface area contributed by atoms with Gasteiger partial charge in [0, 0.05) is 25.0 Å². The third-order valence-corrected chi connectivity index (χ3v) is 2.87. The Labute approximate surface area is 110 Å². The van der Waals surface area contributed by atoms with E-state index in [4.69, 9.17) is 14.2 Å². The summed E-state index contributed by atoms with van der Waals surface area (Å²) in [6.45, 7) is 0.203. The molecule has 1 aromatic carbocycles. The molecular weight excluding hydrogens is 246 g/mol. The van der Waals surface area contributed by atoms with Gasteiger partial charge in [0.05, 0.1) is 7.11 Å². The zero-order chi connectivity index (χ0) is 13.2. The van der Waals surface area contributed by atoms with Crippen LogP contribution in [0.15, 0.2) is 24.5 Å². The van der Waals surface area contributed by atoms with E-state index in [-0.39, 0.29) is 6.79 Å². The number of benzene rings is 1. The van der Waals surface area contributed by atoms with Gasteiger partial charge < -0.3 is 19.5 Å². The summed E-state index contributed by atoms with van der Waals surface area (Å²) in [6, 6.07) is 3.73. The normalized spacial score (nSPS) is 12.3. The van der Waals surface area contributed by atoms with Crippen molar-refractivity contribution in [3.63, 3.8) is 0 Å². The van der Waals surface area contributed by atoms with Crippen molar-refractivity contribution in [1.29, 1.82) is 0 Å². The molecule has 0 unspecified atom stereocenters. The molecule has 1 aliphatic rings. The molecule has 0 atom stereocenters. The predicted molar refractivity (Wildman–Crippen MR) is 69.7 cm³/mol. The first kappa shape index (κ1) is 11.6. The van der Waals surface area contributed by atoms with Gasteiger partial charge in [-0.25, -0.2) is 4.98 Å². The molecule has 0 bridgehead atoms. The van der Waals surface area contributed by atoms with Crippen LogP contribution < -0.4 is 19.5 Å². The second-order valence-corrected chi connectivity index (χ2v) is 3.92. The van der Waals surface area contributed by atoms with Crippen LogP contribution in [-0.4, -0.2) is 30.9 Å². The van der Waals surface area contributed by atoms with E-state index in [9.17, 15) is 0 Å².